The van der Waals surface area contributed by atoms with Gasteiger partial charge in [-0.25, -0.2) is 4.79 Å². The van der Waals surface area contributed by atoms with Gasteiger partial charge >= 0.3 is 12.3 Å². The van der Waals surface area contributed by atoms with Crippen LogP contribution in [0, 0.1) is 5.92 Å². The number of likely N-dealkylation sites (tertiary alicyclic amines) is 1. The number of methoxy groups -OCH3 is 1. The summed E-state index contributed by atoms with van der Waals surface area (Å²) in [5.74, 6) is -2.06. The number of nitrogens with one attached hydrogen (secondary N) is 1. The van der Waals surface area contributed by atoms with Gasteiger partial charge in [0.05, 0.1) is 13.0 Å². The van der Waals surface area contributed by atoms with Gasteiger partial charge in [0, 0.05) is 23.3 Å². The lowest BCUT2D eigenvalue weighted by atomic mass is 9.87. The zero-order valence-electron chi connectivity index (χ0n) is 13.6. The van der Waals surface area contributed by atoms with Crippen molar-refractivity contribution in [3.05, 3.63) is 29.8 Å². The van der Waals surface area contributed by atoms with Crippen LogP contribution in [0.1, 0.15) is 30.6 Å². The summed E-state index contributed by atoms with van der Waals surface area (Å²) in [6.45, 7) is 2.88. The van der Waals surface area contributed by atoms with Gasteiger partial charge in [-0.15, -0.1) is 0 Å². The highest BCUT2D eigenvalue weighted by Crippen LogP contribution is 2.45. The fourth-order valence-electron chi connectivity index (χ4n) is 3.07. The quantitative estimate of drug-likeness (QED) is 0.891. The van der Waals surface area contributed by atoms with Crippen LogP contribution in [-0.2, 0) is 4.74 Å². The van der Waals surface area contributed by atoms with Crippen molar-refractivity contribution in [3.63, 3.8) is 0 Å². The first kappa shape index (κ1) is 18.1. The van der Waals surface area contributed by atoms with Crippen molar-refractivity contribution in [1.29, 1.82) is 0 Å². The Morgan fingerprint density at radius 1 is 1.33 bits per heavy atom. The highest BCUT2D eigenvalue weighted by molar-refractivity contribution is 5.97. The lowest BCUT2D eigenvalue weighted by molar-refractivity contribution is -0.189. The zero-order valence-corrected chi connectivity index (χ0v) is 13.6. The molecule has 1 fully saturated rings. The molecule has 1 heterocycles. The molecule has 0 aliphatic carbocycles. The molecule has 24 heavy (non-hydrogen) atoms. The summed E-state index contributed by atoms with van der Waals surface area (Å²) in [5.41, 5.74) is -0.793. The fraction of sp³-hybridized carbons (Fsp3) is 0.500. The van der Waals surface area contributed by atoms with Crippen molar-refractivity contribution < 1.29 is 27.5 Å². The van der Waals surface area contributed by atoms with E-state index in [4.69, 9.17) is 0 Å². The van der Waals surface area contributed by atoms with Gasteiger partial charge in [-0.2, -0.15) is 13.2 Å². The summed E-state index contributed by atoms with van der Waals surface area (Å²) >= 11 is 0. The van der Waals surface area contributed by atoms with Crippen LogP contribution in [0.4, 0.5) is 23.7 Å². The first-order valence-corrected chi connectivity index (χ1v) is 7.41. The van der Waals surface area contributed by atoms with Gasteiger partial charge < -0.3 is 9.64 Å². The van der Waals surface area contributed by atoms with E-state index in [9.17, 15) is 22.8 Å². The van der Waals surface area contributed by atoms with E-state index >= 15 is 0 Å². The van der Waals surface area contributed by atoms with Gasteiger partial charge in [-0.1, -0.05) is 6.07 Å². The molecule has 1 aliphatic rings. The van der Waals surface area contributed by atoms with Crippen molar-refractivity contribution in [2.75, 3.05) is 19.0 Å². The lowest BCUT2D eigenvalue weighted by Crippen LogP contribution is -2.49. The Morgan fingerprint density at radius 3 is 2.54 bits per heavy atom. The molecule has 1 aliphatic heterocycles. The van der Waals surface area contributed by atoms with Crippen molar-refractivity contribution in [3.8, 4) is 0 Å². The first-order chi connectivity index (χ1) is 11.1. The molecule has 0 bridgehead atoms. The third kappa shape index (κ3) is 3.47. The standard InChI is InChI=1S/C16H19F3N2O3/c1-15(2)12(16(17,18)19)7-8-21(15)13(22)10-5-4-6-11(9-10)20-14(23)24-3/h4-6,9,12H,7-8H2,1-3H3,(H,20,23). The van der Waals surface area contributed by atoms with Crippen molar-refractivity contribution in [2.45, 2.75) is 32.0 Å². The summed E-state index contributed by atoms with van der Waals surface area (Å²) in [6.07, 6.45) is -5.17. The topological polar surface area (TPSA) is 58.6 Å². The number of hydrogen-bond acceptors (Lipinski definition) is 3. The van der Waals surface area contributed by atoms with Crippen LogP contribution in [0.2, 0.25) is 0 Å². The molecule has 1 saturated heterocycles. The fourth-order valence-corrected chi connectivity index (χ4v) is 3.07. The Hall–Kier alpha value is -2.25. The Kier molecular flexibility index (Phi) is 4.77. The number of benzene rings is 1. The summed E-state index contributed by atoms with van der Waals surface area (Å²) in [4.78, 5) is 25.1. The largest absolute Gasteiger partial charge is 0.453 e. The van der Waals surface area contributed by atoms with E-state index in [2.05, 4.69) is 10.1 Å². The average Bonchev–Trinajstić information content (AvgIpc) is 2.81. The number of carbonyl (C=O) groups excluding carboxylic acids is 2. The molecule has 1 aromatic carbocycles. The van der Waals surface area contributed by atoms with Crippen LogP contribution in [-0.4, -0.2) is 42.3 Å². The minimum atomic E-state index is -4.35. The van der Waals surface area contributed by atoms with Crippen molar-refractivity contribution in [2.24, 2.45) is 5.92 Å². The Morgan fingerprint density at radius 2 is 2.00 bits per heavy atom. The highest BCUT2D eigenvalue weighted by Gasteiger charge is 2.56. The SMILES string of the molecule is COC(=O)Nc1cccc(C(=O)N2CCC(C(F)(F)F)C2(C)C)c1. The molecule has 2 rings (SSSR count). The number of halogens is 3. The molecule has 0 radical (unpaired) electrons. The molecular formula is C16H19F3N2O3. The summed E-state index contributed by atoms with van der Waals surface area (Å²) < 4.78 is 43.9. The highest BCUT2D eigenvalue weighted by atomic mass is 19.4. The predicted octanol–water partition coefficient (Wildman–Crippen LogP) is 3.67. The second-order valence-corrected chi connectivity index (χ2v) is 6.19. The average molecular weight is 344 g/mol. The summed E-state index contributed by atoms with van der Waals surface area (Å²) in [5, 5.41) is 2.42. The monoisotopic (exact) mass is 344 g/mol. The van der Waals surface area contributed by atoms with Gasteiger partial charge in [0.1, 0.15) is 0 Å². The molecule has 1 atom stereocenters. The lowest BCUT2D eigenvalue weighted by Gasteiger charge is -2.36. The molecule has 2 amide bonds. The maximum atomic E-state index is 13.1. The number of ether oxygens (including phenoxy) is 1. The maximum absolute atomic E-state index is 13.1. The van der Waals surface area contributed by atoms with Gasteiger partial charge in [-0.05, 0) is 38.5 Å². The smallest absolute Gasteiger partial charge is 0.411 e. The number of anilines is 1. The second kappa shape index (κ2) is 6.33. The number of amides is 2. The van der Waals surface area contributed by atoms with Crippen LogP contribution in [0.15, 0.2) is 24.3 Å². The van der Waals surface area contributed by atoms with Crippen molar-refractivity contribution >= 4 is 17.7 Å². The summed E-state index contributed by atoms with van der Waals surface area (Å²) in [6, 6.07) is 6.02. The number of nitrogens with zero attached hydrogens (tertiary/aromatic N) is 1. The van der Waals surface area contributed by atoms with Gasteiger partial charge in [0.2, 0.25) is 0 Å². The minimum Gasteiger partial charge on any atom is -0.453 e. The normalized spacial score (nSPS) is 19.9. The van der Waals surface area contributed by atoms with Crippen LogP contribution in [0.5, 0.6) is 0 Å². The van der Waals surface area contributed by atoms with E-state index < -0.39 is 29.6 Å². The van der Waals surface area contributed by atoms with Gasteiger partial charge in [0.25, 0.3) is 5.91 Å². The number of hydrogen-bond donors (Lipinski definition) is 1. The summed E-state index contributed by atoms with van der Waals surface area (Å²) in [7, 11) is 1.20. The Balaban J connectivity index is 2.23. The van der Waals surface area contributed by atoms with Crippen LogP contribution >= 0.6 is 0 Å². The van der Waals surface area contributed by atoms with Crippen LogP contribution < -0.4 is 5.32 Å². The molecule has 1 unspecified atom stereocenters. The first-order valence-electron chi connectivity index (χ1n) is 7.41. The Bertz CT molecular complexity index is 644. The van der Waals surface area contributed by atoms with E-state index in [-0.39, 0.29) is 18.5 Å². The minimum absolute atomic E-state index is 0.0324. The van der Waals surface area contributed by atoms with E-state index in [0.717, 1.165) is 0 Å². The number of carbonyl (C=O) groups is 2. The van der Waals surface area contributed by atoms with E-state index in [1.165, 1.54) is 38.0 Å². The van der Waals surface area contributed by atoms with E-state index in [1.807, 2.05) is 0 Å². The number of rotatable bonds is 2. The van der Waals surface area contributed by atoms with Crippen LogP contribution in [0.3, 0.4) is 0 Å². The molecule has 0 saturated carbocycles. The molecular weight excluding hydrogens is 325 g/mol. The van der Waals surface area contributed by atoms with E-state index in [1.54, 1.807) is 12.1 Å². The van der Waals surface area contributed by atoms with E-state index in [0.29, 0.717) is 5.69 Å². The molecule has 1 aromatic rings. The van der Waals surface area contributed by atoms with Crippen molar-refractivity contribution in [1.82, 2.24) is 4.90 Å². The number of alkyl halides is 3. The van der Waals surface area contributed by atoms with Crippen LogP contribution in [0.25, 0.3) is 0 Å². The molecule has 0 aromatic heterocycles. The van der Waals surface area contributed by atoms with Gasteiger partial charge in [-0.3, -0.25) is 10.1 Å². The van der Waals surface area contributed by atoms with Gasteiger partial charge in [0.15, 0.2) is 0 Å². The molecule has 0 spiro atoms. The molecule has 5 nitrogen and oxygen atoms in total. The third-order valence-corrected chi connectivity index (χ3v) is 4.37. The Labute approximate surface area is 137 Å². The molecule has 8 heteroatoms. The molecule has 132 valence electrons. The zero-order chi connectivity index (χ0) is 18.1. The maximum Gasteiger partial charge on any atom is 0.411 e. The third-order valence-electron chi connectivity index (χ3n) is 4.37. The second-order valence-electron chi connectivity index (χ2n) is 6.19. The predicted molar refractivity (Wildman–Crippen MR) is 81.7 cm³/mol. The molecule has 1 N–H and O–H groups in total.